The monoisotopic (exact) mass is 546 g/mol. The van der Waals surface area contributed by atoms with E-state index >= 15 is 0 Å². The molecule has 10 heteroatoms. The van der Waals surface area contributed by atoms with Crippen molar-refractivity contribution >= 4 is 23.8 Å². The van der Waals surface area contributed by atoms with Crippen molar-refractivity contribution < 1.29 is 9.53 Å². The van der Waals surface area contributed by atoms with E-state index in [-0.39, 0.29) is 46.8 Å². The minimum Gasteiger partial charge on any atom is -0.465 e. The van der Waals surface area contributed by atoms with Crippen LogP contribution in [0.2, 0.25) is 0 Å². The second-order valence-electron chi connectivity index (χ2n) is 13.9. The summed E-state index contributed by atoms with van der Waals surface area (Å²) in [6, 6.07) is 0.530. The first-order chi connectivity index (χ1) is 18.0. The number of carbonyl (C=O) groups excluding carboxylic acids is 1. The number of carbonyl (C=O) groups is 1. The number of piperidine rings is 2. The fraction of sp³-hybridized carbons (Fsp3) is 0.862. The molecule has 0 aliphatic carbocycles. The van der Waals surface area contributed by atoms with E-state index in [0.717, 1.165) is 38.8 Å². The highest BCUT2D eigenvalue weighted by molar-refractivity contribution is 5.74. The highest BCUT2D eigenvalue weighted by Gasteiger charge is 2.42. The summed E-state index contributed by atoms with van der Waals surface area (Å²) in [5.74, 6) is 1.38. The summed E-state index contributed by atoms with van der Waals surface area (Å²) in [5, 5.41) is 10.7. The van der Waals surface area contributed by atoms with E-state index in [1.165, 1.54) is 0 Å². The van der Waals surface area contributed by atoms with Gasteiger partial charge in [0.25, 0.3) is 0 Å². The maximum Gasteiger partial charge on any atom is 0.325 e. The number of hydrogen-bond donors (Lipinski definition) is 3. The van der Waals surface area contributed by atoms with Gasteiger partial charge in [0.05, 0.1) is 6.61 Å². The van der Waals surface area contributed by atoms with Crippen LogP contribution in [0.25, 0.3) is 0 Å². The van der Waals surface area contributed by atoms with Crippen LogP contribution >= 0.6 is 0 Å². The molecule has 2 aliphatic rings. The standard InChI is InChI=1S/C29H54N8O2/c1-12-36(20-15-26(4,5)34-27(6,7)16-20)24-31-23(30-19-22(38)39-14-3)32-25(33-24)37(13-2)21-17-28(8,9)35-29(10,11)18-21/h20-21,34-35H,12-19H2,1-11H3,(H,30,31,32,33). The van der Waals surface area contributed by atoms with Crippen LogP contribution in [0.4, 0.5) is 17.8 Å². The van der Waals surface area contributed by atoms with Crippen molar-refractivity contribution in [2.75, 3.05) is 41.4 Å². The Morgan fingerprint density at radius 1 is 0.769 bits per heavy atom. The Morgan fingerprint density at radius 3 is 1.49 bits per heavy atom. The predicted molar refractivity (Wildman–Crippen MR) is 160 cm³/mol. The molecule has 1 aromatic heterocycles. The number of nitrogens with one attached hydrogen (secondary N) is 3. The normalized spacial score (nSPS) is 22.2. The van der Waals surface area contributed by atoms with Gasteiger partial charge in [0.1, 0.15) is 6.54 Å². The van der Waals surface area contributed by atoms with Gasteiger partial charge < -0.3 is 30.5 Å². The van der Waals surface area contributed by atoms with Crippen LogP contribution in [0.3, 0.4) is 0 Å². The minimum absolute atomic E-state index is 0.00973. The molecule has 0 spiro atoms. The van der Waals surface area contributed by atoms with Crippen molar-refractivity contribution in [1.82, 2.24) is 25.6 Å². The quantitative estimate of drug-likeness (QED) is 0.371. The molecule has 3 rings (SSSR count). The van der Waals surface area contributed by atoms with E-state index in [9.17, 15) is 4.79 Å². The smallest absolute Gasteiger partial charge is 0.325 e. The molecule has 3 heterocycles. The molecule has 0 unspecified atom stereocenters. The van der Waals surface area contributed by atoms with Gasteiger partial charge in [0.2, 0.25) is 17.8 Å². The SMILES string of the molecule is CCOC(=O)CNc1nc(N(CC)C2CC(C)(C)NC(C)(C)C2)nc(N(CC)C2CC(C)(C)NC(C)(C)C2)n1. The summed E-state index contributed by atoms with van der Waals surface area (Å²) in [7, 11) is 0. The van der Waals surface area contributed by atoms with Crippen molar-refractivity contribution in [3.63, 3.8) is 0 Å². The summed E-state index contributed by atoms with van der Waals surface area (Å²) in [6.45, 7) is 26.1. The van der Waals surface area contributed by atoms with Crippen molar-refractivity contribution in [1.29, 1.82) is 0 Å². The third kappa shape index (κ3) is 8.39. The van der Waals surface area contributed by atoms with Crippen molar-refractivity contribution in [3.05, 3.63) is 0 Å². The summed E-state index contributed by atoms with van der Waals surface area (Å²) in [5.41, 5.74) is -0.0460. The average molecular weight is 547 g/mol. The van der Waals surface area contributed by atoms with Crippen LogP contribution in [0.1, 0.15) is 102 Å². The highest BCUT2D eigenvalue weighted by Crippen LogP contribution is 2.35. The topological polar surface area (TPSA) is 108 Å². The third-order valence-electron chi connectivity index (χ3n) is 7.72. The summed E-state index contributed by atoms with van der Waals surface area (Å²) in [4.78, 5) is 31.6. The van der Waals surface area contributed by atoms with Gasteiger partial charge in [0, 0.05) is 47.3 Å². The Morgan fingerprint density at radius 2 is 1.15 bits per heavy atom. The first kappa shape index (κ1) is 31.3. The van der Waals surface area contributed by atoms with Gasteiger partial charge in [-0.3, -0.25) is 4.79 Å². The average Bonchev–Trinajstić information content (AvgIpc) is 2.75. The van der Waals surface area contributed by atoms with Crippen LogP contribution in [-0.2, 0) is 9.53 Å². The fourth-order valence-corrected chi connectivity index (χ4v) is 7.16. The van der Waals surface area contributed by atoms with Gasteiger partial charge in [0.15, 0.2) is 0 Å². The zero-order valence-corrected chi connectivity index (χ0v) is 26.4. The lowest BCUT2D eigenvalue weighted by molar-refractivity contribution is -0.140. The third-order valence-corrected chi connectivity index (χ3v) is 7.72. The maximum atomic E-state index is 12.2. The largest absolute Gasteiger partial charge is 0.465 e. The molecule has 2 saturated heterocycles. The molecular weight excluding hydrogens is 492 g/mol. The van der Waals surface area contributed by atoms with E-state index in [2.05, 4.69) is 95.0 Å². The zero-order valence-electron chi connectivity index (χ0n) is 26.4. The molecule has 0 atom stereocenters. The molecule has 3 N–H and O–H groups in total. The lowest BCUT2D eigenvalue weighted by Gasteiger charge is -2.50. The minimum atomic E-state index is -0.329. The van der Waals surface area contributed by atoms with E-state index < -0.39 is 0 Å². The van der Waals surface area contributed by atoms with Crippen LogP contribution in [-0.4, -0.2) is 81.4 Å². The summed E-state index contributed by atoms with van der Waals surface area (Å²) < 4.78 is 5.14. The fourth-order valence-electron chi connectivity index (χ4n) is 7.16. The zero-order chi connectivity index (χ0) is 29.2. The molecule has 0 amide bonds. The summed E-state index contributed by atoms with van der Waals surface area (Å²) in [6.07, 6.45) is 3.91. The van der Waals surface area contributed by atoms with Crippen LogP contribution in [0, 0.1) is 0 Å². The van der Waals surface area contributed by atoms with Crippen LogP contribution in [0.15, 0.2) is 0 Å². The molecule has 2 aliphatic heterocycles. The Kier molecular flexibility index (Phi) is 9.42. The maximum absolute atomic E-state index is 12.2. The molecule has 2 fully saturated rings. The van der Waals surface area contributed by atoms with Crippen molar-refractivity contribution in [2.24, 2.45) is 0 Å². The number of esters is 1. The Labute approximate surface area is 236 Å². The molecule has 39 heavy (non-hydrogen) atoms. The number of hydrogen-bond acceptors (Lipinski definition) is 10. The lowest BCUT2D eigenvalue weighted by atomic mass is 9.79. The van der Waals surface area contributed by atoms with Gasteiger partial charge in [-0.1, -0.05) is 0 Å². The Hall–Kier alpha value is -2.20. The van der Waals surface area contributed by atoms with Gasteiger partial charge in [-0.15, -0.1) is 0 Å². The van der Waals surface area contributed by atoms with Crippen LogP contribution in [0.5, 0.6) is 0 Å². The van der Waals surface area contributed by atoms with Gasteiger partial charge in [-0.05, 0) is 102 Å². The molecule has 0 radical (unpaired) electrons. The van der Waals surface area contributed by atoms with Gasteiger partial charge >= 0.3 is 5.97 Å². The van der Waals surface area contributed by atoms with E-state index in [1.54, 1.807) is 6.92 Å². The first-order valence-electron chi connectivity index (χ1n) is 14.8. The molecule has 0 bridgehead atoms. The molecular formula is C29H54N8O2. The number of nitrogens with zero attached hydrogens (tertiary/aromatic N) is 5. The second kappa shape index (κ2) is 11.7. The van der Waals surface area contributed by atoms with E-state index in [0.29, 0.717) is 24.5 Å². The van der Waals surface area contributed by atoms with Crippen molar-refractivity contribution in [2.45, 2.75) is 136 Å². The summed E-state index contributed by atoms with van der Waals surface area (Å²) >= 11 is 0. The van der Waals surface area contributed by atoms with E-state index in [4.69, 9.17) is 19.7 Å². The van der Waals surface area contributed by atoms with Gasteiger partial charge in [-0.2, -0.15) is 15.0 Å². The number of aromatic nitrogens is 3. The first-order valence-corrected chi connectivity index (χ1v) is 14.8. The Bertz CT molecular complexity index is 897. The number of ether oxygens (including phenoxy) is 1. The Balaban J connectivity index is 2.03. The molecule has 10 nitrogen and oxygen atoms in total. The predicted octanol–water partition coefficient (Wildman–Crippen LogP) is 4.12. The second-order valence-corrected chi connectivity index (χ2v) is 13.9. The van der Waals surface area contributed by atoms with Gasteiger partial charge in [-0.25, -0.2) is 0 Å². The molecule has 1 aromatic rings. The number of anilines is 3. The lowest BCUT2D eigenvalue weighted by Crippen LogP contribution is -2.62. The number of rotatable bonds is 10. The molecule has 0 aromatic carbocycles. The van der Waals surface area contributed by atoms with E-state index in [1.807, 2.05) is 0 Å². The van der Waals surface area contributed by atoms with Crippen LogP contribution < -0.4 is 25.8 Å². The highest BCUT2D eigenvalue weighted by atomic mass is 16.5. The van der Waals surface area contributed by atoms with Crippen molar-refractivity contribution in [3.8, 4) is 0 Å². The molecule has 0 saturated carbocycles. The molecule has 222 valence electrons.